The van der Waals surface area contributed by atoms with Gasteiger partial charge in [0.1, 0.15) is 5.82 Å². The van der Waals surface area contributed by atoms with Crippen LogP contribution in [0.15, 0.2) is 42.5 Å². The predicted octanol–water partition coefficient (Wildman–Crippen LogP) is 4.94. The topological polar surface area (TPSA) is 64.7 Å². The number of para-hydroxylation sites is 1. The molecule has 0 atom stereocenters. The normalized spacial score (nSPS) is 17.0. The van der Waals surface area contributed by atoms with Gasteiger partial charge in [-0.25, -0.2) is 9.18 Å². The molecule has 0 spiro atoms. The van der Waals surface area contributed by atoms with Gasteiger partial charge in [-0.1, -0.05) is 19.1 Å². The predicted molar refractivity (Wildman–Crippen MR) is 121 cm³/mol. The maximum Gasteiger partial charge on any atom is 0.323 e. The van der Waals surface area contributed by atoms with Gasteiger partial charge in [0.15, 0.2) is 0 Å². The first-order valence-corrected chi connectivity index (χ1v) is 11.0. The number of nitrogens with zero attached hydrogens (tertiary/aromatic N) is 2. The van der Waals surface area contributed by atoms with E-state index in [1.807, 2.05) is 11.0 Å². The molecule has 4 rings (SSSR count). The number of hydrogen-bond donors (Lipinski definition) is 2. The molecule has 2 fully saturated rings. The molecule has 0 bridgehead atoms. The number of hydrogen-bond acceptors (Lipinski definition) is 3. The summed E-state index contributed by atoms with van der Waals surface area (Å²) in [6, 6.07) is 10.9. The Balaban J connectivity index is 1.56. The molecule has 2 saturated heterocycles. The van der Waals surface area contributed by atoms with Gasteiger partial charge >= 0.3 is 6.03 Å². The standard InChI is InChI=1S/C24H29FN4O2/c1-17-10-14-28(15-11-17)22-9-8-18(16-19(22)23(30)29-12-4-5-13-29)26-24(31)27-21-7-3-2-6-20(21)25/h2-3,6-9,16-17H,4-5,10-15H2,1H3,(H2,26,27,31). The Hall–Kier alpha value is -3.09. The third kappa shape index (κ3) is 4.98. The monoisotopic (exact) mass is 424 g/mol. The van der Waals surface area contributed by atoms with Crippen molar-refractivity contribution in [2.45, 2.75) is 32.6 Å². The summed E-state index contributed by atoms with van der Waals surface area (Å²) in [5, 5.41) is 5.25. The van der Waals surface area contributed by atoms with Crippen LogP contribution in [0.25, 0.3) is 0 Å². The van der Waals surface area contributed by atoms with E-state index in [-0.39, 0.29) is 11.6 Å². The molecular formula is C24H29FN4O2. The molecule has 0 unspecified atom stereocenters. The molecule has 31 heavy (non-hydrogen) atoms. The minimum absolute atomic E-state index is 0.00397. The smallest absolute Gasteiger partial charge is 0.323 e. The third-order valence-electron chi connectivity index (χ3n) is 6.12. The van der Waals surface area contributed by atoms with Crippen LogP contribution in [-0.2, 0) is 0 Å². The summed E-state index contributed by atoms with van der Waals surface area (Å²) in [6.07, 6.45) is 4.24. The highest BCUT2D eigenvalue weighted by molar-refractivity contribution is 6.04. The Kier molecular flexibility index (Phi) is 6.39. The number of benzene rings is 2. The van der Waals surface area contributed by atoms with Gasteiger partial charge in [-0.2, -0.15) is 0 Å². The van der Waals surface area contributed by atoms with E-state index in [4.69, 9.17) is 0 Å². The van der Waals surface area contributed by atoms with Crippen molar-refractivity contribution in [1.82, 2.24) is 4.90 Å². The highest BCUT2D eigenvalue weighted by atomic mass is 19.1. The third-order valence-corrected chi connectivity index (χ3v) is 6.12. The molecule has 6 nitrogen and oxygen atoms in total. The van der Waals surface area contributed by atoms with E-state index in [1.54, 1.807) is 24.3 Å². The number of anilines is 3. The van der Waals surface area contributed by atoms with Crippen LogP contribution in [-0.4, -0.2) is 43.0 Å². The number of carbonyl (C=O) groups is 2. The molecule has 7 heteroatoms. The van der Waals surface area contributed by atoms with E-state index in [0.717, 1.165) is 57.5 Å². The van der Waals surface area contributed by atoms with Crippen LogP contribution in [0.1, 0.15) is 43.0 Å². The number of carbonyl (C=O) groups excluding carboxylic acids is 2. The molecule has 0 saturated carbocycles. The fourth-order valence-corrected chi connectivity index (χ4v) is 4.25. The van der Waals surface area contributed by atoms with Crippen LogP contribution in [0.2, 0.25) is 0 Å². The highest BCUT2D eigenvalue weighted by Gasteiger charge is 2.26. The van der Waals surface area contributed by atoms with Gasteiger partial charge < -0.3 is 20.4 Å². The van der Waals surface area contributed by atoms with Crippen molar-refractivity contribution >= 4 is 29.0 Å². The van der Waals surface area contributed by atoms with Gasteiger partial charge in [-0.05, 0) is 61.9 Å². The van der Waals surface area contributed by atoms with Gasteiger partial charge in [-0.15, -0.1) is 0 Å². The minimum Gasteiger partial charge on any atom is -0.371 e. The largest absolute Gasteiger partial charge is 0.371 e. The molecule has 2 aromatic carbocycles. The van der Waals surface area contributed by atoms with Crippen molar-refractivity contribution < 1.29 is 14.0 Å². The highest BCUT2D eigenvalue weighted by Crippen LogP contribution is 2.30. The van der Waals surface area contributed by atoms with Crippen molar-refractivity contribution in [2.75, 3.05) is 41.7 Å². The van der Waals surface area contributed by atoms with Crippen LogP contribution in [0, 0.1) is 11.7 Å². The van der Waals surface area contributed by atoms with E-state index >= 15 is 0 Å². The molecule has 0 aromatic heterocycles. The lowest BCUT2D eigenvalue weighted by molar-refractivity contribution is 0.0793. The minimum atomic E-state index is -0.552. The first kappa shape index (κ1) is 21.2. The lowest BCUT2D eigenvalue weighted by Gasteiger charge is -2.34. The van der Waals surface area contributed by atoms with Crippen LogP contribution < -0.4 is 15.5 Å². The van der Waals surface area contributed by atoms with Crippen LogP contribution in [0.3, 0.4) is 0 Å². The first-order chi connectivity index (χ1) is 15.0. The van der Waals surface area contributed by atoms with Crippen molar-refractivity contribution in [3.8, 4) is 0 Å². The van der Waals surface area contributed by atoms with E-state index in [1.165, 1.54) is 12.1 Å². The summed E-state index contributed by atoms with van der Waals surface area (Å²) in [4.78, 5) is 29.8. The first-order valence-electron chi connectivity index (χ1n) is 11.0. The van der Waals surface area contributed by atoms with E-state index in [0.29, 0.717) is 17.2 Å². The molecule has 2 aromatic rings. The zero-order chi connectivity index (χ0) is 21.8. The Morgan fingerprint density at radius 2 is 1.68 bits per heavy atom. The van der Waals surface area contributed by atoms with Gasteiger partial charge in [0.2, 0.25) is 0 Å². The molecule has 2 aliphatic rings. The summed E-state index contributed by atoms with van der Waals surface area (Å²) in [5.74, 6) is 0.193. The van der Waals surface area contributed by atoms with Crippen molar-refractivity contribution in [3.05, 3.63) is 53.8 Å². The SMILES string of the molecule is CC1CCN(c2ccc(NC(=O)Nc3ccccc3F)cc2C(=O)N2CCCC2)CC1. The van der Waals surface area contributed by atoms with Crippen LogP contribution in [0.4, 0.5) is 26.2 Å². The number of nitrogens with one attached hydrogen (secondary N) is 2. The zero-order valence-electron chi connectivity index (χ0n) is 17.9. The average Bonchev–Trinajstić information content (AvgIpc) is 3.30. The number of urea groups is 1. The fourth-order valence-electron chi connectivity index (χ4n) is 4.25. The second kappa shape index (κ2) is 9.37. The molecule has 2 aliphatic heterocycles. The molecule has 3 amide bonds. The summed E-state index contributed by atoms with van der Waals surface area (Å²) >= 11 is 0. The Bertz CT molecular complexity index is 950. The van der Waals surface area contributed by atoms with Gasteiger partial charge in [-0.3, -0.25) is 4.79 Å². The molecule has 0 aliphatic carbocycles. The molecule has 2 heterocycles. The summed E-state index contributed by atoms with van der Waals surface area (Å²) in [5.41, 5.74) is 2.14. The number of likely N-dealkylation sites (tertiary alicyclic amines) is 1. The summed E-state index contributed by atoms with van der Waals surface area (Å²) in [6.45, 7) is 5.63. The fraction of sp³-hybridized carbons (Fsp3) is 0.417. The van der Waals surface area contributed by atoms with Crippen molar-refractivity contribution in [3.63, 3.8) is 0 Å². The van der Waals surface area contributed by atoms with Gasteiger partial charge in [0.25, 0.3) is 5.91 Å². The van der Waals surface area contributed by atoms with E-state index in [2.05, 4.69) is 22.5 Å². The number of amides is 3. The van der Waals surface area contributed by atoms with E-state index in [9.17, 15) is 14.0 Å². The van der Waals surface area contributed by atoms with Crippen molar-refractivity contribution in [1.29, 1.82) is 0 Å². The Morgan fingerprint density at radius 3 is 2.39 bits per heavy atom. The van der Waals surface area contributed by atoms with Gasteiger partial charge in [0.05, 0.1) is 11.3 Å². The second-order valence-corrected chi connectivity index (χ2v) is 8.46. The summed E-state index contributed by atoms with van der Waals surface area (Å²) < 4.78 is 13.8. The molecule has 2 N–H and O–H groups in total. The molecule has 164 valence electrons. The Morgan fingerprint density at radius 1 is 0.968 bits per heavy atom. The maximum absolute atomic E-state index is 13.8. The molecular weight excluding hydrogens is 395 g/mol. The number of rotatable bonds is 4. The average molecular weight is 425 g/mol. The van der Waals surface area contributed by atoms with E-state index < -0.39 is 11.8 Å². The lowest BCUT2D eigenvalue weighted by atomic mass is 9.97. The lowest BCUT2D eigenvalue weighted by Crippen LogP contribution is -2.35. The van der Waals surface area contributed by atoms with Crippen molar-refractivity contribution in [2.24, 2.45) is 5.92 Å². The second-order valence-electron chi connectivity index (χ2n) is 8.46. The van der Waals surface area contributed by atoms with Gasteiger partial charge in [0, 0.05) is 37.6 Å². The quantitative estimate of drug-likeness (QED) is 0.731. The van der Waals surface area contributed by atoms with Crippen LogP contribution in [0.5, 0.6) is 0 Å². The number of halogens is 1. The summed E-state index contributed by atoms with van der Waals surface area (Å²) in [7, 11) is 0. The maximum atomic E-state index is 13.8. The Labute approximate surface area is 182 Å². The van der Waals surface area contributed by atoms with Crippen LogP contribution >= 0.6 is 0 Å². The zero-order valence-corrected chi connectivity index (χ0v) is 17.9. The number of piperidine rings is 1. The molecule has 0 radical (unpaired) electrons.